The fraction of sp³-hybridized carbons (Fsp3) is 0.250. The Labute approximate surface area is 123 Å². The SMILES string of the molecule is CC(C)(N)CNC(=O)c1ccc(C(=O)c2cc[nH]c2)cc1. The number of aromatic nitrogens is 1. The fourth-order valence-corrected chi connectivity index (χ4v) is 1.81. The molecular weight excluding hydrogens is 266 g/mol. The van der Waals surface area contributed by atoms with Crippen molar-refractivity contribution in [2.24, 2.45) is 5.73 Å². The van der Waals surface area contributed by atoms with E-state index >= 15 is 0 Å². The van der Waals surface area contributed by atoms with Crippen LogP contribution in [0.15, 0.2) is 42.7 Å². The highest BCUT2D eigenvalue weighted by molar-refractivity contribution is 6.09. The number of carbonyl (C=O) groups is 2. The first kappa shape index (κ1) is 15.0. The van der Waals surface area contributed by atoms with E-state index in [-0.39, 0.29) is 11.7 Å². The molecule has 2 rings (SSSR count). The Morgan fingerprint density at radius 3 is 2.24 bits per heavy atom. The standard InChI is InChI=1S/C16H19N3O2/c1-16(2,17)10-19-15(21)12-5-3-11(4-6-12)14(20)13-7-8-18-9-13/h3-9,18H,10,17H2,1-2H3,(H,19,21). The Balaban J connectivity index is 2.05. The third-order valence-electron chi connectivity index (χ3n) is 2.97. The van der Waals surface area contributed by atoms with Crippen molar-refractivity contribution in [3.63, 3.8) is 0 Å². The lowest BCUT2D eigenvalue weighted by Crippen LogP contribution is -2.45. The maximum Gasteiger partial charge on any atom is 0.251 e. The Morgan fingerprint density at radius 1 is 1.10 bits per heavy atom. The summed E-state index contributed by atoms with van der Waals surface area (Å²) in [6.07, 6.45) is 3.34. The summed E-state index contributed by atoms with van der Waals surface area (Å²) in [5.74, 6) is -0.277. The van der Waals surface area contributed by atoms with Crippen LogP contribution in [-0.2, 0) is 0 Å². The van der Waals surface area contributed by atoms with Gasteiger partial charge in [-0.1, -0.05) is 12.1 Å². The summed E-state index contributed by atoms with van der Waals surface area (Å²) in [5, 5.41) is 2.76. The van der Waals surface area contributed by atoms with Crippen molar-refractivity contribution in [1.29, 1.82) is 0 Å². The van der Waals surface area contributed by atoms with E-state index in [4.69, 9.17) is 5.73 Å². The van der Waals surface area contributed by atoms with Gasteiger partial charge in [-0.2, -0.15) is 0 Å². The van der Waals surface area contributed by atoms with Gasteiger partial charge >= 0.3 is 0 Å². The van der Waals surface area contributed by atoms with Gasteiger partial charge in [-0.15, -0.1) is 0 Å². The molecule has 0 atom stereocenters. The Kier molecular flexibility index (Phi) is 4.23. The van der Waals surface area contributed by atoms with Crippen LogP contribution in [0.3, 0.4) is 0 Å². The zero-order chi connectivity index (χ0) is 15.5. The molecule has 0 aliphatic heterocycles. The van der Waals surface area contributed by atoms with Crippen LogP contribution in [0.25, 0.3) is 0 Å². The molecule has 0 fully saturated rings. The Hall–Kier alpha value is -2.40. The van der Waals surface area contributed by atoms with Gasteiger partial charge in [0.2, 0.25) is 0 Å². The number of amides is 1. The van der Waals surface area contributed by atoms with E-state index in [1.165, 1.54) is 0 Å². The number of nitrogens with one attached hydrogen (secondary N) is 2. The summed E-state index contributed by atoms with van der Waals surface area (Å²) < 4.78 is 0. The lowest BCUT2D eigenvalue weighted by Gasteiger charge is -2.18. The van der Waals surface area contributed by atoms with Crippen LogP contribution in [0.2, 0.25) is 0 Å². The van der Waals surface area contributed by atoms with Crippen LogP contribution >= 0.6 is 0 Å². The number of aromatic amines is 1. The topological polar surface area (TPSA) is 88.0 Å². The zero-order valence-electron chi connectivity index (χ0n) is 12.1. The maximum absolute atomic E-state index is 12.1. The van der Waals surface area contributed by atoms with Crippen LogP contribution < -0.4 is 11.1 Å². The van der Waals surface area contributed by atoms with Crippen LogP contribution in [-0.4, -0.2) is 28.8 Å². The average molecular weight is 285 g/mol. The van der Waals surface area contributed by atoms with E-state index in [2.05, 4.69) is 10.3 Å². The smallest absolute Gasteiger partial charge is 0.251 e. The number of benzene rings is 1. The third-order valence-corrected chi connectivity index (χ3v) is 2.97. The van der Waals surface area contributed by atoms with Crippen molar-refractivity contribution in [1.82, 2.24) is 10.3 Å². The Morgan fingerprint density at radius 2 is 1.71 bits per heavy atom. The van der Waals surface area contributed by atoms with Crippen molar-refractivity contribution >= 4 is 11.7 Å². The van der Waals surface area contributed by atoms with Crippen LogP contribution in [0.1, 0.15) is 40.1 Å². The average Bonchev–Trinajstić information content (AvgIpc) is 2.97. The lowest BCUT2D eigenvalue weighted by molar-refractivity contribution is 0.0944. The summed E-state index contributed by atoms with van der Waals surface area (Å²) in [5.41, 5.74) is 7.00. The van der Waals surface area contributed by atoms with Gasteiger partial charge < -0.3 is 16.0 Å². The molecule has 1 heterocycles. The van der Waals surface area contributed by atoms with Crippen molar-refractivity contribution in [2.75, 3.05) is 6.54 Å². The molecule has 0 spiro atoms. The minimum absolute atomic E-state index is 0.0775. The molecule has 21 heavy (non-hydrogen) atoms. The molecule has 0 aliphatic rings. The largest absolute Gasteiger partial charge is 0.367 e. The fourth-order valence-electron chi connectivity index (χ4n) is 1.81. The summed E-state index contributed by atoms with van der Waals surface area (Å²) >= 11 is 0. The van der Waals surface area contributed by atoms with Gasteiger partial charge in [0.15, 0.2) is 5.78 Å². The van der Waals surface area contributed by atoms with Gasteiger partial charge in [-0.3, -0.25) is 9.59 Å². The quantitative estimate of drug-likeness (QED) is 0.731. The predicted molar refractivity (Wildman–Crippen MR) is 81.3 cm³/mol. The first-order chi connectivity index (χ1) is 9.87. The zero-order valence-corrected chi connectivity index (χ0v) is 12.1. The molecule has 0 radical (unpaired) electrons. The van der Waals surface area contributed by atoms with E-state index in [9.17, 15) is 9.59 Å². The molecule has 110 valence electrons. The number of rotatable bonds is 5. The van der Waals surface area contributed by atoms with Crippen LogP contribution in [0, 0.1) is 0 Å². The molecule has 5 heteroatoms. The number of H-pyrrole nitrogens is 1. The number of carbonyl (C=O) groups excluding carboxylic acids is 2. The molecule has 1 amide bonds. The lowest BCUT2D eigenvalue weighted by atomic mass is 10.0. The molecule has 0 unspecified atom stereocenters. The summed E-state index contributed by atoms with van der Waals surface area (Å²) in [6, 6.07) is 8.29. The van der Waals surface area contributed by atoms with Gasteiger partial charge in [0, 0.05) is 41.2 Å². The molecule has 5 nitrogen and oxygen atoms in total. The normalized spacial score (nSPS) is 11.2. The van der Waals surface area contributed by atoms with E-state index in [0.29, 0.717) is 23.2 Å². The highest BCUT2D eigenvalue weighted by Crippen LogP contribution is 2.11. The van der Waals surface area contributed by atoms with Gasteiger partial charge in [0.1, 0.15) is 0 Å². The van der Waals surface area contributed by atoms with Crippen molar-refractivity contribution in [2.45, 2.75) is 19.4 Å². The minimum atomic E-state index is -0.458. The van der Waals surface area contributed by atoms with E-state index in [1.54, 1.807) is 42.7 Å². The van der Waals surface area contributed by atoms with E-state index in [1.807, 2.05) is 13.8 Å². The maximum atomic E-state index is 12.1. The van der Waals surface area contributed by atoms with E-state index < -0.39 is 5.54 Å². The second kappa shape index (κ2) is 5.93. The van der Waals surface area contributed by atoms with Gasteiger partial charge in [0.25, 0.3) is 5.91 Å². The summed E-state index contributed by atoms with van der Waals surface area (Å²) in [7, 11) is 0. The molecule has 4 N–H and O–H groups in total. The molecule has 2 aromatic rings. The highest BCUT2D eigenvalue weighted by atomic mass is 16.1. The first-order valence-electron chi connectivity index (χ1n) is 6.71. The molecule has 0 saturated carbocycles. The number of nitrogens with two attached hydrogens (primary N) is 1. The third kappa shape index (κ3) is 4.03. The minimum Gasteiger partial charge on any atom is -0.367 e. The predicted octanol–water partition coefficient (Wildman–Crippen LogP) is 1.71. The number of hydrogen-bond donors (Lipinski definition) is 3. The summed E-state index contributed by atoms with van der Waals surface area (Å²) in [6.45, 7) is 4.06. The number of hydrogen-bond acceptors (Lipinski definition) is 3. The molecule has 0 bridgehead atoms. The van der Waals surface area contributed by atoms with Gasteiger partial charge in [-0.25, -0.2) is 0 Å². The summed E-state index contributed by atoms with van der Waals surface area (Å²) in [4.78, 5) is 26.9. The molecular formula is C16H19N3O2. The van der Waals surface area contributed by atoms with Crippen molar-refractivity contribution < 1.29 is 9.59 Å². The van der Waals surface area contributed by atoms with E-state index in [0.717, 1.165) is 0 Å². The van der Waals surface area contributed by atoms with Gasteiger partial charge in [-0.05, 0) is 32.0 Å². The Bertz CT molecular complexity index is 623. The van der Waals surface area contributed by atoms with Crippen LogP contribution in [0.4, 0.5) is 0 Å². The molecule has 0 saturated heterocycles. The highest BCUT2D eigenvalue weighted by Gasteiger charge is 2.14. The van der Waals surface area contributed by atoms with Crippen molar-refractivity contribution in [3.05, 3.63) is 59.4 Å². The molecule has 1 aromatic carbocycles. The molecule has 1 aromatic heterocycles. The van der Waals surface area contributed by atoms with Crippen molar-refractivity contribution in [3.8, 4) is 0 Å². The monoisotopic (exact) mass is 285 g/mol. The van der Waals surface area contributed by atoms with Crippen LogP contribution in [0.5, 0.6) is 0 Å². The van der Waals surface area contributed by atoms with Gasteiger partial charge in [0.05, 0.1) is 0 Å². The first-order valence-corrected chi connectivity index (χ1v) is 6.71. The second-order valence-electron chi connectivity index (χ2n) is 5.68. The second-order valence-corrected chi connectivity index (χ2v) is 5.68. The molecule has 0 aliphatic carbocycles. The number of ketones is 1.